The number of anilines is 1. The number of aromatic nitrogens is 2. The zero-order valence-electron chi connectivity index (χ0n) is 13.2. The summed E-state index contributed by atoms with van der Waals surface area (Å²) in [6, 6.07) is 7.64. The van der Waals surface area contributed by atoms with Crippen LogP contribution < -0.4 is 9.64 Å². The summed E-state index contributed by atoms with van der Waals surface area (Å²) < 4.78 is 5.13. The van der Waals surface area contributed by atoms with E-state index in [1.165, 1.54) is 0 Å². The van der Waals surface area contributed by atoms with Gasteiger partial charge < -0.3 is 14.5 Å². The van der Waals surface area contributed by atoms with Crippen LogP contribution in [-0.4, -0.2) is 54.1 Å². The third kappa shape index (κ3) is 3.77. The van der Waals surface area contributed by atoms with E-state index < -0.39 is 0 Å². The number of hydrogen-bond acceptors (Lipinski definition) is 5. The monoisotopic (exact) mass is 312 g/mol. The standard InChI is InChI=1S/C17H20N4O2/c1-23-15-4-2-14(3-5-15)12-17(22)21-10-8-20(9-11-21)16-13-18-6-7-19-16/h2-7,13H,8-12H2,1H3. The highest BCUT2D eigenvalue weighted by atomic mass is 16.5. The molecule has 0 radical (unpaired) electrons. The van der Waals surface area contributed by atoms with Crippen molar-refractivity contribution in [2.75, 3.05) is 38.2 Å². The number of carbonyl (C=O) groups excluding carboxylic acids is 1. The molecule has 1 aromatic carbocycles. The molecule has 0 saturated carbocycles. The maximum absolute atomic E-state index is 12.4. The van der Waals surface area contributed by atoms with Crippen molar-refractivity contribution in [3.63, 3.8) is 0 Å². The normalized spacial score (nSPS) is 14.7. The van der Waals surface area contributed by atoms with Crippen LogP contribution >= 0.6 is 0 Å². The van der Waals surface area contributed by atoms with E-state index in [2.05, 4.69) is 14.9 Å². The minimum Gasteiger partial charge on any atom is -0.497 e. The van der Waals surface area contributed by atoms with Gasteiger partial charge in [0.1, 0.15) is 11.6 Å². The molecule has 3 rings (SSSR count). The summed E-state index contributed by atoms with van der Waals surface area (Å²) in [7, 11) is 1.64. The molecule has 1 saturated heterocycles. The molecule has 0 bridgehead atoms. The van der Waals surface area contributed by atoms with Crippen LogP contribution in [0, 0.1) is 0 Å². The number of benzene rings is 1. The summed E-state index contributed by atoms with van der Waals surface area (Å²) in [6.07, 6.45) is 5.54. The highest BCUT2D eigenvalue weighted by Gasteiger charge is 2.21. The molecule has 1 fully saturated rings. The number of amides is 1. The molecule has 0 unspecified atom stereocenters. The lowest BCUT2D eigenvalue weighted by molar-refractivity contribution is -0.130. The Balaban J connectivity index is 1.53. The molecule has 6 nitrogen and oxygen atoms in total. The van der Waals surface area contributed by atoms with E-state index in [0.717, 1.165) is 30.2 Å². The summed E-state index contributed by atoms with van der Waals surface area (Å²) >= 11 is 0. The van der Waals surface area contributed by atoms with Crippen LogP contribution in [0.4, 0.5) is 5.82 Å². The Morgan fingerprint density at radius 1 is 1.13 bits per heavy atom. The SMILES string of the molecule is COc1ccc(CC(=O)N2CCN(c3cnccn3)CC2)cc1. The lowest BCUT2D eigenvalue weighted by Crippen LogP contribution is -2.49. The van der Waals surface area contributed by atoms with Gasteiger partial charge in [-0.25, -0.2) is 4.98 Å². The first kappa shape index (κ1) is 15.3. The van der Waals surface area contributed by atoms with Gasteiger partial charge in [-0.15, -0.1) is 0 Å². The molecular weight excluding hydrogens is 292 g/mol. The fraction of sp³-hybridized carbons (Fsp3) is 0.353. The Morgan fingerprint density at radius 2 is 1.87 bits per heavy atom. The quantitative estimate of drug-likeness (QED) is 0.853. The van der Waals surface area contributed by atoms with E-state index in [-0.39, 0.29) is 5.91 Å². The first-order valence-electron chi connectivity index (χ1n) is 7.68. The van der Waals surface area contributed by atoms with Gasteiger partial charge in [0, 0.05) is 38.6 Å². The molecule has 120 valence electrons. The first-order chi connectivity index (χ1) is 11.3. The lowest BCUT2D eigenvalue weighted by Gasteiger charge is -2.35. The number of rotatable bonds is 4. The van der Waals surface area contributed by atoms with Crippen LogP contribution in [0.2, 0.25) is 0 Å². The molecule has 6 heteroatoms. The zero-order chi connectivity index (χ0) is 16.1. The summed E-state index contributed by atoms with van der Waals surface area (Å²) in [5.74, 6) is 1.84. The minimum atomic E-state index is 0.161. The van der Waals surface area contributed by atoms with Gasteiger partial charge >= 0.3 is 0 Å². The first-order valence-corrected chi connectivity index (χ1v) is 7.68. The third-order valence-electron chi connectivity index (χ3n) is 4.02. The second-order valence-corrected chi connectivity index (χ2v) is 5.46. The van der Waals surface area contributed by atoms with Crippen molar-refractivity contribution >= 4 is 11.7 Å². The van der Waals surface area contributed by atoms with Gasteiger partial charge in [-0.05, 0) is 17.7 Å². The Morgan fingerprint density at radius 3 is 2.48 bits per heavy atom. The third-order valence-corrected chi connectivity index (χ3v) is 4.02. The topological polar surface area (TPSA) is 58.6 Å². The van der Waals surface area contributed by atoms with E-state index in [0.29, 0.717) is 19.5 Å². The van der Waals surface area contributed by atoms with Crippen molar-refractivity contribution in [1.29, 1.82) is 0 Å². The lowest BCUT2D eigenvalue weighted by atomic mass is 10.1. The Hall–Kier alpha value is -2.63. The van der Waals surface area contributed by atoms with Crippen LogP contribution in [0.5, 0.6) is 5.75 Å². The van der Waals surface area contributed by atoms with Crippen molar-refractivity contribution in [2.45, 2.75) is 6.42 Å². The summed E-state index contributed by atoms with van der Waals surface area (Å²) in [4.78, 5) is 24.9. The van der Waals surface area contributed by atoms with Crippen molar-refractivity contribution < 1.29 is 9.53 Å². The van der Waals surface area contributed by atoms with Gasteiger partial charge in [-0.1, -0.05) is 12.1 Å². The Kier molecular flexibility index (Phi) is 4.71. The van der Waals surface area contributed by atoms with Crippen LogP contribution in [0.25, 0.3) is 0 Å². The summed E-state index contributed by atoms with van der Waals surface area (Å²) in [5.41, 5.74) is 1.01. The molecule has 1 aliphatic heterocycles. The van der Waals surface area contributed by atoms with Gasteiger partial charge in [0.05, 0.1) is 19.7 Å². The second-order valence-electron chi connectivity index (χ2n) is 5.46. The predicted molar refractivity (Wildman–Crippen MR) is 87.5 cm³/mol. The predicted octanol–water partition coefficient (Wildman–Crippen LogP) is 1.38. The van der Waals surface area contributed by atoms with Gasteiger partial charge in [0.2, 0.25) is 5.91 Å². The number of methoxy groups -OCH3 is 1. The average molecular weight is 312 g/mol. The van der Waals surface area contributed by atoms with Gasteiger partial charge in [0.25, 0.3) is 0 Å². The van der Waals surface area contributed by atoms with Gasteiger partial charge in [-0.3, -0.25) is 9.78 Å². The highest BCUT2D eigenvalue weighted by Crippen LogP contribution is 2.15. The second kappa shape index (κ2) is 7.09. The maximum atomic E-state index is 12.4. The smallest absolute Gasteiger partial charge is 0.227 e. The fourth-order valence-electron chi connectivity index (χ4n) is 2.67. The molecule has 1 amide bonds. The van der Waals surface area contributed by atoms with E-state index in [9.17, 15) is 4.79 Å². The number of hydrogen-bond donors (Lipinski definition) is 0. The minimum absolute atomic E-state index is 0.161. The highest BCUT2D eigenvalue weighted by molar-refractivity contribution is 5.79. The molecule has 2 heterocycles. The number of nitrogens with zero attached hydrogens (tertiary/aromatic N) is 4. The van der Waals surface area contributed by atoms with Crippen molar-refractivity contribution in [3.05, 3.63) is 48.4 Å². The van der Waals surface area contributed by atoms with E-state index in [1.807, 2.05) is 29.2 Å². The van der Waals surface area contributed by atoms with Crippen LogP contribution in [0.1, 0.15) is 5.56 Å². The molecule has 1 aromatic heterocycles. The Labute approximate surface area is 135 Å². The average Bonchev–Trinajstić information content (AvgIpc) is 2.63. The van der Waals surface area contributed by atoms with Crippen LogP contribution in [-0.2, 0) is 11.2 Å². The zero-order valence-corrected chi connectivity index (χ0v) is 13.2. The number of ether oxygens (including phenoxy) is 1. The van der Waals surface area contributed by atoms with E-state index in [1.54, 1.807) is 25.7 Å². The molecule has 0 atom stereocenters. The maximum Gasteiger partial charge on any atom is 0.227 e. The molecule has 0 aliphatic carbocycles. The van der Waals surface area contributed by atoms with Crippen LogP contribution in [0.3, 0.4) is 0 Å². The van der Waals surface area contributed by atoms with Gasteiger partial charge in [0.15, 0.2) is 0 Å². The molecular formula is C17H20N4O2. The Bertz CT molecular complexity index is 637. The van der Waals surface area contributed by atoms with Gasteiger partial charge in [-0.2, -0.15) is 0 Å². The molecule has 23 heavy (non-hydrogen) atoms. The largest absolute Gasteiger partial charge is 0.497 e. The van der Waals surface area contributed by atoms with Crippen molar-refractivity contribution in [1.82, 2.24) is 14.9 Å². The van der Waals surface area contributed by atoms with E-state index >= 15 is 0 Å². The summed E-state index contributed by atoms with van der Waals surface area (Å²) in [6.45, 7) is 3.00. The summed E-state index contributed by atoms with van der Waals surface area (Å²) in [5, 5.41) is 0. The van der Waals surface area contributed by atoms with E-state index in [4.69, 9.17) is 4.74 Å². The van der Waals surface area contributed by atoms with Crippen molar-refractivity contribution in [2.24, 2.45) is 0 Å². The molecule has 1 aliphatic rings. The molecule has 0 spiro atoms. The number of carbonyl (C=O) groups is 1. The van der Waals surface area contributed by atoms with Crippen molar-refractivity contribution in [3.8, 4) is 5.75 Å². The molecule has 2 aromatic rings. The fourth-order valence-corrected chi connectivity index (χ4v) is 2.67. The molecule has 0 N–H and O–H groups in total. The van der Waals surface area contributed by atoms with Crippen LogP contribution in [0.15, 0.2) is 42.9 Å². The number of piperazine rings is 1.